The topological polar surface area (TPSA) is 59.3 Å². The number of aryl methyl sites for hydroxylation is 2. The second-order valence-corrected chi connectivity index (χ2v) is 8.21. The molecule has 31 heavy (non-hydrogen) atoms. The first-order valence-electron chi connectivity index (χ1n) is 10.5. The Morgan fingerprint density at radius 1 is 0.774 bits per heavy atom. The molecule has 0 fully saturated rings. The van der Waals surface area contributed by atoms with E-state index in [9.17, 15) is 9.59 Å². The Hall–Kier alpha value is -3.50. The number of hydrogen-bond donors (Lipinski definition) is 1. The van der Waals surface area contributed by atoms with Crippen LogP contribution in [0.3, 0.4) is 0 Å². The summed E-state index contributed by atoms with van der Waals surface area (Å²) in [5.41, 5.74) is 5.54. The Morgan fingerprint density at radius 3 is 2.26 bits per heavy atom. The van der Waals surface area contributed by atoms with Crippen molar-refractivity contribution < 1.29 is 14.0 Å². The van der Waals surface area contributed by atoms with Crippen LogP contribution in [0.5, 0.6) is 0 Å². The predicted molar refractivity (Wildman–Crippen MR) is 122 cm³/mol. The van der Waals surface area contributed by atoms with Crippen LogP contribution in [0.2, 0.25) is 0 Å². The number of hydrogen-bond acceptors (Lipinski definition) is 4. The fourth-order valence-electron chi connectivity index (χ4n) is 4.52. The first-order valence-corrected chi connectivity index (χ1v) is 10.5. The summed E-state index contributed by atoms with van der Waals surface area (Å²) in [7, 11) is 0. The molecule has 1 N–H and O–H groups in total. The fraction of sp³-hybridized carbons (Fsp3) is 0.185. The van der Waals surface area contributed by atoms with E-state index in [4.69, 9.17) is 4.42 Å². The Bertz CT molecular complexity index is 1360. The summed E-state index contributed by atoms with van der Waals surface area (Å²) in [6, 6.07) is 18.1. The molecule has 0 bridgehead atoms. The molecular formula is C27H23NO3. The number of carbonyl (C=O) groups excluding carboxylic acids is 2. The summed E-state index contributed by atoms with van der Waals surface area (Å²) in [5, 5.41) is 5.22. The van der Waals surface area contributed by atoms with Crippen LogP contribution in [0, 0.1) is 20.8 Å². The highest BCUT2D eigenvalue weighted by Crippen LogP contribution is 2.42. The van der Waals surface area contributed by atoms with Crippen molar-refractivity contribution in [3.63, 3.8) is 0 Å². The van der Waals surface area contributed by atoms with E-state index in [-0.39, 0.29) is 0 Å². The first-order chi connectivity index (χ1) is 15.0. The van der Waals surface area contributed by atoms with Gasteiger partial charge in [0, 0.05) is 23.2 Å². The van der Waals surface area contributed by atoms with Crippen molar-refractivity contribution in [3.05, 3.63) is 93.7 Å². The molecule has 0 spiro atoms. The number of benzene rings is 3. The molecule has 4 nitrogen and oxygen atoms in total. The van der Waals surface area contributed by atoms with Gasteiger partial charge in [-0.05, 0) is 54.3 Å². The van der Waals surface area contributed by atoms with Gasteiger partial charge < -0.3 is 9.73 Å². The third-order valence-electron chi connectivity index (χ3n) is 6.22. The zero-order chi connectivity index (χ0) is 21.7. The number of furan rings is 1. The maximum absolute atomic E-state index is 13.2. The maximum Gasteiger partial charge on any atom is 0.237 e. The molecule has 0 unspecified atom stereocenters. The van der Waals surface area contributed by atoms with E-state index in [0.717, 1.165) is 27.5 Å². The van der Waals surface area contributed by atoms with Gasteiger partial charge >= 0.3 is 0 Å². The third kappa shape index (κ3) is 3.03. The van der Waals surface area contributed by atoms with E-state index in [0.29, 0.717) is 41.3 Å². The van der Waals surface area contributed by atoms with Crippen molar-refractivity contribution in [2.45, 2.75) is 33.9 Å². The smallest absolute Gasteiger partial charge is 0.237 e. The molecule has 0 atom stereocenters. The van der Waals surface area contributed by atoms with Crippen LogP contribution < -0.4 is 5.32 Å². The molecule has 4 aromatic rings. The minimum absolute atomic E-state index is 0.402. The van der Waals surface area contributed by atoms with E-state index in [1.54, 1.807) is 0 Å². The predicted octanol–water partition coefficient (Wildman–Crippen LogP) is 5.69. The summed E-state index contributed by atoms with van der Waals surface area (Å²) in [6.07, 6.45) is 0. The van der Waals surface area contributed by atoms with Crippen molar-refractivity contribution >= 4 is 22.3 Å². The van der Waals surface area contributed by atoms with Gasteiger partial charge in [-0.1, -0.05) is 48.5 Å². The van der Waals surface area contributed by atoms with Gasteiger partial charge in [-0.2, -0.15) is 0 Å². The standard InChI is InChI=1S/C27H23NO3/c1-15-9-10-16(2)22-19(15)11-12-20-24(22)26(30)25(29)23-17(3)21(31-27(20)23)14-28-13-18-7-5-4-6-8-18/h4-12,28H,13-14H2,1-3H3. The lowest BCUT2D eigenvalue weighted by Crippen LogP contribution is -2.21. The maximum atomic E-state index is 13.2. The minimum Gasteiger partial charge on any atom is -0.459 e. The average Bonchev–Trinajstić information content (AvgIpc) is 3.11. The summed E-state index contributed by atoms with van der Waals surface area (Å²) in [5.74, 6) is 0.272. The Labute approximate surface area is 180 Å². The molecule has 3 aromatic carbocycles. The van der Waals surface area contributed by atoms with Gasteiger partial charge in [0.25, 0.3) is 0 Å². The Kier molecular flexibility index (Phi) is 4.60. The second-order valence-electron chi connectivity index (χ2n) is 8.21. The molecule has 5 rings (SSSR count). The van der Waals surface area contributed by atoms with Gasteiger partial charge in [-0.25, -0.2) is 0 Å². The molecular weight excluding hydrogens is 386 g/mol. The second kappa shape index (κ2) is 7.33. The van der Waals surface area contributed by atoms with Crippen molar-refractivity contribution in [1.29, 1.82) is 0 Å². The summed E-state index contributed by atoms with van der Waals surface area (Å²) < 4.78 is 6.20. The zero-order valence-corrected chi connectivity index (χ0v) is 17.8. The van der Waals surface area contributed by atoms with Crippen LogP contribution >= 0.6 is 0 Å². The minimum atomic E-state index is -0.480. The number of rotatable bonds is 4. The Balaban J connectivity index is 1.59. The van der Waals surface area contributed by atoms with Gasteiger partial charge in [0.15, 0.2) is 0 Å². The largest absolute Gasteiger partial charge is 0.459 e. The van der Waals surface area contributed by atoms with Gasteiger partial charge in [-0.3, -0.25) is 9.59 Å². The average molecular weight is 409 g/mol. The lowest BCUT2D eigenvalue weighted by Gasteiger charge is -2.18. The van der Waals surface area contributed by atoms with Crippen LogP contribution in [-0.4, -0.2) is 11.6 Å². The molecule has 0 saturated heterocycles. The molecule has 1 heterocycles. The molecule has 1 aliphatic rings. The number of ketones is 2. The lowest BCUT2D eigenvalue weighted by molar-refractivity contribution is 0.0815. The molecule has 0 aliphatic heterocycles. The lowest BCUT2D eigenvalue weighted by atomic mass is 9.82. The van der Waals surface area contributed by atoms with Crippen molar-refractivity contribution in [3.8, 4) is 11.3 Å². The molecule has 1 aliphatic carbocycles. The van der Waals surface area contributed by atoms with Crippen LogP contribution in [0.15, 0.2) is 59.0 Å². The first kappa shape index (κ1) is 19.5. The van der Waals surface area contributed by atoms with Crippen LogP contribution in [0.4, 0.5) is 0 Å². The highest BCUT2D eigenvalue weighted by Gasteiger charge is 2.37. The third-order valence-corrected chi connectivity index (χ3v) is 6.22. The highest BCUT2D eigenvalue weighted by molar-refractivity contribution is 6.54. The van der Waals surface area contributed by atoms with Crippen molar-refractivity contribution in [2.24, 2.45) is 0 Å². The van der Waals surface area contributed by atoms with Gasteiger partial charge in [-0.15, -0.1) is 0 Å². The van der Waals surface area contributed by atoms with E-state index in [1.807, 2.05) is 63.2 Å². The van der Waals surface area contributed by atoms with Crippen LogP contribution in [-0.2, 0) is 13.1 Å². The van der Waals surface area contributed by atoms with Crippen LogP contribution in [0.1, 0.15) is 48.7 Å². The summed E-state index contributed by atoms with van der Waals surface area (Å²) in [4.78, 5) is 26.3. The van der Waals surface area contributed by atoms with Gasteiger partial charge in [0.1, 0.15) is 11.5 Å². The summed E-state index contributed by atoms with van der Waals surface area (Å²) in [6.45, 7) is 7.02. The van der Waals surface area contributed by atoms with Gasteiger partial charge in [0.2, 0.25) is 11.6 Å². The van der Waals surface area contributed by atoms with Crippen LogP contribution in [0.25, 0.3) is 22.1 Å². The van der Waals surface area contributed by atoms with E-state index in [1.165, 1.54) is 5.56 Å². The van der Waals surface area contributed by atoms with E-state index >= 15 is 0 Å². The molecule has 0 radical (unpaired) electrons. The molecule has 4 heteroatoms. The van der Waals surface area contributed by atoms with Gasteiger partial charge in [0.05, 0.1) is 12.1 Å². The number of fused-ring (bicyclic) bond motifs is 5. The monoisotopic (exact) mass is 409 g/mol. The number of carbonyl (C=O) groups is 2. The normalized spacial score (nSPS) is 12.9. The van der Waals surface area contributed by atoms with Crippen molar-refractivity contribution in [2.75, 3.05) is 0 Å². The SMILES string of the molecule is Cc1c(CNCc2ccccc2)oc2c1C(=O)C(=O)c1c-2ccc2c(C)ccc(C)c12. The van der Waals surface area contributed by atoms with E-state index < -0.39 is 11.6 Å². The number of Topliss-reactive ketones (excluding diaryl/α,β-unsaturated/α-hetero) is 2. The Morgan fingerprint density at radius 2 is 1.48 bits per heavy atom. The fourth-order valence-corrected chi connectivity index (χ4v) is 4.52. The molecule has 1 aromatic heterocycles. The number of nitrogens with one attached hydrogen (secondary N) is 1. The molecule has 154 valence electrons. The molecule has 0 amide bonds. The quantitative estimate of drug-likeness (QED) is 0.440. The zero-order valence-electron chi connectivity index (χ0n) is 17.8. The molecule has 0 saturated carbocycles. The summed E-state index contributed by atoms with van der Waals surface area (Å²) >= 11 is 0. The van der Waals surface area contributed by atoms with Crippen molar-refractivity contribution in [1.82, 2.24) is 5.32 Å². The van der Waals surface area contributed by atoms with E-state index in [2.05, 4.69) is 17.4 Å². The highest BCUT2D eigenvalue weighted by atomic mass is 16.3.